The quantitative estimate of drug-likeness (QED) is 0.413. The van der Waals surface area contributed by atoms with Crippen molar-refractivity contribution in [3.05, 3.63) is 90.9 Å². The van der Waals surface area contributed by atoms with Crippen LogP contribution < -0.4 is 10.3 Å². The third-order valence-corrected chi connectivity index (χ3v) is 5.65. The lowest BCUT2D eigenvalue weighted by molar-refractivity contribution is 0.0969. The number of fused-ring (bicyclic) bond motifs is 2. The highest BCUT2D eigenvalue weighted by molar-refractivity contribution is 6.38. The maximum atomic E-state index is 13.5. The normalized spacial score (nSPS) is 15.8. The van der Waals surface area contributed by atoms with Crippen LogP contribution in [0.2, 0.25) is 10.0 Å². The molecule has 8 heteroatoms. The fourth-order valence-corrected chi connectivity index (χ4v) is 4.30. The second kappa shape index (κ2) is 6.72. The van der Waals surface area contributed by atoms with E-state index in [9.17, 15) is 9.59 Å². The Morgan fingerprint density at radius 2 is 1.77 bits per heavy atom. The Morgan fingerprint density at radius 1 is 1.03 bits per heavy atom. The first kappa shape index (κ1) is 18.9. The lowest BCUT2D eigenvalue weighted by atomic mass is 9.97. The summed E-state index contributed by atoms with van der Waals surface area (Å²) in [5.41, 5.74) is 1.77. The molecule has 0 radical (unpaired) electrons. The van der Waals surface area contributed by atoms with Crippen molar-refractivity contribution in [3.63, 3.8) is 0 Å². The van der Waals surface area contributed by atoms with Crippen molar-refractivity contribution in [2.75, 3.05) is 4.90 Å². The Kier molecular flexibility index (Phi) is 4.24. The van der Waals surface area contributed by atoms with Crippen LogP contribution in [0.3, 0.4) is 0 Å². The van der Waals surface area contributed by atoms with E-state index in [0.29, 0.717) is 16.6 Å². The molecule has 0 fully saturated rings. The molecule has 0 saturated heterocycles. The van der Waals surface area contributed by atoms with Gasteiger partial charge in [-0.1, -0.05) is 58.2 Å². The number of halogens is 2. The van der Waals surface area contributed by atoms with Gasteiger partial charge in [-0.05, 0) is 31.5 Å². The van der Waals surface area contributed by atoms with Gasteiger partial charge in [-0.3, -0.25) is 14.5 Å². The molecule has 1 aliphatic rings. The molecule has 3 heterocycles. The minimum atomic E-state index is -0.726. The molecule has 6 nitrogen and oxygen atoms in total. The second-order valence-electron chi connectivity index (χ2n) is 7.22. The Hall–Kier alpha value is -3.09. The van der Waals surface area contributed by atoms with E-state index in [2.05, 4.69) is 5.16 Å². The van der Waals surface area contributed by atoms with Gasteiger partial charge in [0.25, 0.3) is 5.91 Å². The van der Waals surface area contributed by atoms with Gasteiger partial charge in [0.2, 0.25) is 5.76 Å². The molecule has 4 aromatic rings. The molecule has 1 atom stereocenters. The highest BCUT2D eigenvalue weighted by Gasteiger charge is 2.45. The summed E-state index contributed by atoms with van der Waals surface area (Å²) in [5.74, 6) is 0.273. The first-order chi connectivity index (χ1) is 14.3. The smallest absolute Gasteiger partial charge is 0.296 e. The fraction of sp³-hybridized carbons (Fsp3) is 0.136. The average molecular weight is 441 g/mol. The average Bonchev–Trinajstić information content (AvgIpc) is 3.25. The topological polar surface area (TPSA) is 76.6 Å². The molecule has 0 saturated carbocycles. The standard InChI is InChI=1S/C22H14Cl2N2O4/c1-10-3-5-12(6-4-10)18-17-19(27)14-8-13(23)9-15(24)20(14)29-21(17)22(28)26(18)16-7-11(2)30-25-16/h3-9,18H,1-2H3. The van der Waals surface area contributed by atoms with Crippen LogP contribution in [0.15, 0.2) is 56.2 Å². The van der Waals surface area contributed by atoms with E-state index in [4.69, 9.17) is 32.1 Å². The molecule has 150 valence electrons. The maximum Gasteiger partial charge on any atom is 0.296 e. The zero-order valence-corrected chi connectivity index (χ0v) is 17.4. The molecular formula is C22H14Cl2N2O4. The fourth-order valence-electron chi connectivity index (χ4n) is 3.77. The van der Waals surface area contributed by atoms with Gasteiger partial charge >= 0.3 is 0 Å². The predicted molar refractivity (Wildman–Crippen MR) is 114 cm³/mol. The lowest BCUT2D eigenvalue weighted by Crippen LogP contribution is -2.29. The number of rotatable bonds is 2. The van der Waals surface area contributed by atoms with Crippen molar-refractivity contribution in [2.24, 2.45) is 0 Å². The molecule has 2 aromatic carbocycles. The van der Waals surface area contributed by atoms with Gasteiger partial charge in [0.1, 0.15) is 5.76 Å². The van der Waals surface area contributed by atoms with Crippen LogP contribution in [-0.2, 0) is 0 Å². The van der Waals surface area contributed by atoms with Crippen LogP contribution in [0.25, 0.3) is 11.0 Å². The first-order valence-electron chi connectivity index (χ1n) is 9.14. The van der Waals surface area contributed by atoms with E-state index in [1.54, 1.807) is 13.0 Å². The summed E-state index contributed by atoms with van der Waals surface area (Å²) in [6, 6.07) is 11.5. The largest absolute Gasteiger partial charge is 0.449 e. The highest BCUT2D eigenvalue weighted by Crippen LogP contribution is 2.42. The molecule has 1 unspecified atom stereocenters. The van der Waals surface area contributed by atoms with E-state index in [1.807, 2.05) is 31.2 Å². The van der Waals surface area contributed by atoms with Crippen LogP contribution in [0.5, 0.6) is 0 Å². The maximum absolute atomic E-state index is 13.5. The Bertz CT molecular complexity index is 1390. The van der Waals surface area contributed by atoms with E-state index >= 15 is 0 Å². The summed E-state index contributed by atoms with van der Waals surface area (Å²) >= 11 is 12.4. The van der Waals surface area contributed by atoms with Crippen molar-refractivity contribution in [1.29, 1.82) is 0 Å². The molecule has 0 spiro atoms. The number of anilines is 1. The summed E-state index contributed by atoms with van der Waals surface area (Å²) < 4.78 is 11.1. The van der Waals surface area contributed by atoms with Crippen LogP contribution in [-0.4, -0.2) is 11.1 Å². The molecule has 0 N–H and O–H groups in total. The number of carbonyl (C=O) groups is 1. The Labute approximate surface area is 180 Å². The van der Waals surface area contributed by atoms with Crippen molar-refractivity contribution < 1.29 is 13.7 Å². The van der Waals surface area contributed by atoms with Gasteiger partial charge in [0.15, 0.2) is 16.8 Å². The lowest BCUT2D eigenvalue weighted by Gasteiger charge is -2.22. The molecule has 0 bridgehead atoms. The second-order valence-corrected chi connectivity index (χ2v) is 8.07. The summed E-state index contributed by atoms with van der Waals surface area (Å²) in [5, 5.41) is 4.68. The number of carbonyl (C=O) groups excluding carboxylic acids is 1. The molecule has 1 amide bonds. The van der Waals surface area contributed by atoms with Gasteiger partial charge in [-0.15, -0.1) is 0 Å². The summed E-state index contributed by atoms with van der Waals surface area (Å²) in [6.45, 7) is 3.69. The third-order valence-electron chi connectivity index (χ3n) is 5.15. The Balaban J connectivity index is 1.84. The minimum absolute atomic E-state index is 0.0667. The number of aryl methyl sites for hydroxylation is 2. The minimum Gasteiger partial charge on any atom is -0.449 e. The van der Waals surface area contributed by atoms with Crippen LogP contribution in [0.4, 0.5) is 5.82 Å². The Morgan fingerprint density at radius 3 is 2.43 bits per heavy atom. The zero-order valence-electron chi connectivity index (χ0n) is 15.9. The van der Waals surface area contributed by atoms with Gasteiger partial charge in [0.05, 0.1) is 22.0 Å². The molecule has 2 aromatic heterocycles. The summed E-state index contributed by atoms with van der Waals surface area (Å²) in [7, 11) is 0. The van der Waals surface area contributed by atoms with Crippen molar-refractivity contribution in [2.45, 2.75) is 19.9 Å². The number of hydrogen-bond donors (Lipinski definition) is 0. The molecule has 1 aliphatic heterocycles. The number of benzene rings is 2. The monoisotopic (exact) mass is 440 g/mol. The number of aromatic nitrogens is 1. The molecule has 30 heavy (non-hydrogen) atoms. The van der Waals surface area contributed by atoms with Crippen LogP contribution >= 0.6 is 23.2 Å². The highest BCUT2D eigenvalue weighted by atomic mass is 35.5. The van der Waals surface area contributed by atoms with Gasteiger partial charge < -0.3 is 8.94 Å². The van der Waals surface area contributed by atoms with E-state index in [1.165, 1.54) is 17.0 Å². The van der Waals surface area contributed by atoms with E-state index < -0.39 is 11.9 Å². The predicted octanol–water partition coefficient (Wildman–Crippen LogP) is 5.45. The molecule has 0 aliphatic carbocycles. The summed E-state index contributed by atoms with van der Waals surface area (Å²) in [6.07, 6.45) is 0. The number of nitrogens with zero attached hydrogens (tertiary/aromatic N) is 2. The van der Waals surface area contributed by atoms with Gasteiger partial charge in [-0.25, -0.2) is 0 Å². The van der Waals surface area contributed by atoms with Crippen LogP contribution in [0.1, 0.15) is 39.0 Å². The zero-order chi connectivity index (χ0) is 21.2. The molecular weight excluding hydrogens is 427 g/mol. The third kappa shape index (κ3) is 2.75. The van der Waals surface area contributed by atoms with Crippen LogP contribution in [0, 0.1) is 13.8 Å². The molecule has 5 rings (SSSR count). The van der Waals surface area contributed by atoms with E-state index in [-0.39, 0.29) is 32.7 Å². The number of hydrogen-bond acceptors (Lipinski definition) is 5. The van der Waals surface area contributed by atoms with Gasteiger partial charge in [0, 0.05) is 11.1 Å². The first-order valence-corrected chi connectivity index (χ1v) is 9.90. The summed E-state index contributed by atoms with van der Waals surface area (Å²) in [4.78, 5) is 28.3. The van der Waals surface area contributed by atoms with Crippen molar-refractivity contribution >= 4 is 45.9 Å². The van der Waals surface area contributed by atoms with Crippen molar-refractivity contribution in [1.82, 2.24) is 5.16 Å². The SMILES string of the molecule is Cc1ccc(C2c3c(oc4c(Cl)cc(Cl)cc4c3=O)C(=O)N2c2cc(C)on2)cc1. The van der Waals surface area contributed by atoms with E-state index in [0.717, 1.165) is 11.1 Å². The van der Waals surface area contributed by atoms with Crippen molar-refractivity contribution in [3.8, 4) is 0 Å². The number of amides is 1. The van der Waals surface area contributed by atoms with Gasteiger partial charge in [-0.2, -0.15) is 0 Å².